The van der Waals surface area contributed by atoms with Crippen LogP contribution in [0.1, 0.15) is 41.3 Å². The lowest BCUT2D eigenvalue weighted by Gasteiger charge is -2.31. The molecule has 2 aliphatic heterocycles. The van der Waals surface area contributed by atoms with Crippen molar-refractivity contribution in [2.24, 2.45) is 5.92 Å². The zero-order valence-electron chi connectivity index (χ0n) is 16.3. The summed E-state index contributed by atoms with van der Waals surface area (Å²) in [5.74, 6) is 2.12. The minimum Gasteiger partial charge on any atom is -0.507 e. The van der Waals surface area contributed by atoms with E-state index in [9.17, 15) is 9.90 Å². The number of hydrogen-bond acceptors (Lipinski definition) is 5. The molecule has 1 fully saturated rings. The van der Waals surface area contributed by atoms with Gasteiger partial charge in [-0.1, -0.05) is 19.1 Å². The normalized spacial score (nSPS) is 20.9. The lowest BCUT2D eigenvalue weighted by atomic mass is 9.99. The Balaban J connectivity index is 1.63. The van der Waals surface area contributed by atoms with Crippen LogP contribution in [0, 0.1) is 5.92 Å². The van der Waals surface area contributed by atoms with Crippen LogP contribution < -0.4 is 9.47 Å². The van der Waals surface area contributed by atoms with Crippen LogP contribution in [0.25, 0.3) is 6.08 Å². The van der Waals surface area contributed by atoms with Crippen LogP contribution in [0.2, 0.25) is 0 Å². The van der Waals surface area contributed by atoms with Gasteiger partial charge in [-0.25, -0.2) is 0 Å². The van der Waals surface area contributed by atoms with Crippen LogP contribution in [0.3, 0.4) is 0 Å². The van der Waals surface area contributed by atoms with Gasteiger partial charge in [-0.05, 0) is 61.2 Å². The van der Waals surface area contributed by atoms with Crippen molar-refractivity contribution in [1.29, 1.82) is 0 Å². The summed E-state index contributed by atoms with van der Waals surface area (Å²) in [7, 11) is 1.61. The van der Waals surface area contributed by atoms with Crippen LogP contribution >= 0.6 is 0 Å². The van der Waals surface area contributed by atoms with Gasteiger partial charge in [-0.15, -0.1) is 0 Å². The van der Waals surface area contributed by atoms with Crippen molar-refractivity contribution in [3.8, 4) is 17.2 Å². The fourth-order valence-electron chi connectivity index (χ4n) is 3.99. The number of fused-ring (bicyclic) bond motifs is 1. The molecule has 0 aliphatic carbocycles. The number of allylic oxidation sites excluding steroid dienone is 1. The number of carbonyl (C=O) groups excluding carboxylic acids is 1. The standard InChI is InChI=1S/C23H25NO4/c1-15-5-4-10-24(13-15)14-19-20(25)9-8-18-22(26)21(28-23(18)19)12-16-6-3-7-17(11-16)27-2/h3,6-9,11-12,15,25H,4-5,10,13-14H2,1-2H3/b21-12-/t15-/m1/s1. The first kappa shape index (κ1) is 18.6. The van der Waals surface area contributed by atoms with Crippen LogP contribution in [0.4, 0.5) is 0 Å². The Morgan fingerprint density at radius 1 is 1.32 bits per heavy atom. The molecule has 28 heavy (non-hydrogen) atoms. The quantitative estimate of drug-likeness (QED) is 0.805. The third-order valence-electron chi connectivity index (χ3n) is 5.43. The molecule has 0 spiro atoms. The molecule has 0 saturated carbocycles. The van der Waals surface area contributed by atoms with Gasteiger partial charge in [0.15, 0.2) is 5.76 Å². The van der Waals surface area contributed by atoms with E-state index in [1.54, 1.807) is 25.3 Å². The second-order valence-corrected chi connectivity index (χ2v) is 7.64. The second kappa shape index (κ2) is 7.68. The topological polar surface area (TPSA) is 59.0 Å². The summed E-state index contributed by atoms with van der Waals surface area (Å²) in [5.41, 5.74) is 2.02. The maximum atomic E-state index is 12.8. The molecule has 0 unspecified atom stereocenters. The van der Waals surface area contributed by atoms with Gasteiger partial charge < -0.3 is 14.6 Å². The number of carbonyl (C=O) groups is 1. The molecule has 1 atom stereocenters. The largest absolute Gasteiger partial charge is 0.507 e. The summed E-state index contributed by atoms with van der Waals surface area (Å²) < 4.78 is 11.2. The number of likely N-dealkylation sites (tertiary alicyclic amines) is 1. The second-order valence-electron chi connectivity index (χ2n) is 7.64. The highest BCUT2D eigenvalue weighted by molar-refractivity contribution is 6.15. The lowest BCUT2D eigenvalue weighted by Crippen LogP contribution is -2.33. The Bertz CT molecular complexity index is 934. The first-order valence-electron chi connectivity index (χ1n) is 9.70. The number of nitrogens with zero attached hydrogens (tertiary/aromatic N) is 1. The van der Waals surface area contributed by atoms with Gasteiger partial charge in [0.25, 0.3) is 0 Å². The van der Waals surface area contributed by atoms with E-state index in [1.165, 1.54) is 6.42 Å². The van der Waals surface area contributed by atoms with Crippen LogP contribution in [0.5, 0.6) is 17.2 Å². The number of Topliss-reactive ketones (excluding diaryl/α,β-unsaturated/α-hetero) is 1. The molecule has 5 nitrogen and oxygen atoms in total. The summed E-state index contributed by atoms with van der Waals surface area (Å²) in [6, 6.07) is 10.7. The van der Waals surface area contributed by atoms with Crippen molar-refractivity contribution in [1.82, 2.24) is 4.90 Å². The Labute approximate surface area is 165 Å². The molecular weight excluding hydrogens is 354 g/mol. The summed E-state index contributed by atoms with van der Waals surface area (Å²) in [6.45, 7) is 4.81. The molecule has 0 bridgehead atoms. The van der Waals surface area contributed by atoms with Gasteiger partial charge in [-0.3, -0.25) is 9.69 Å². The number of ketones is 1. The summed E-state index contributed by atoms with van der Waals surface area (Å²) in [4.78, 5) is 15.2. The maximum absolute atomic E-state index is 12.8. The summed E-state index contributed by atoms with van der Waals surface area (Å²) >= 11 is 0. The number of hydrogen-bond donors (Lipinski definition) is 1. The van der Waals surface area contributed by atoms with Gasteiger partial charge in [0.1, 0.15) is 17.2 Å². The van der Waals surface area contributed by atoms with Gasteiger partial charge in [0.2, 0.25) is 5.78 Å². The molecule has 1 N–H and O–H groups in total. The zero-order chi connectivity index (χ0) is 19.7. The molecule has 2 aromatic carbocycles. The fraction of sp³-hybridized carbons (Fsp3) is 0.348. The minimum absolute atomic E-state index is 0.161. The van der Waals surface area contributed by atoms with E-state index in [0.717, 1.165) is 30.8 Å². The third kappa shape index (κ3) is 3.62. The molecule has 0 aromatic heterocycles. The maximum Gasteiger partial charge on any atom is 0.231 e. The number of phenolic OH excluding ortho intramolecular Hbond substituents is 1. The Morgan fingerprint density at radius 2 is 2.18 bits per heavy atom. The Hall–Kier alpha value is -2.79. The molecule has 2 aliphatic rings. The molecule has 0 radical (unpaired) electrons. The highest BCUT2D eigenvalue weighted by Crippen LogP contribution is 2.40. The van der Waals surface area contributed by atoms with Crippen molar-refractivity contribution in [3.63, 3.8) is 0 Å². The molecule has 1 saturated heterocycles. The fourth-order valence-corrected chi connectivity index (χ4v) is 3.99. The molecule has 4 rings (SSSR count). The Kier molecular flexibility index (Phi) is 5.09. The van der Waals surface area contributed by atoms with Gasteiger partial charge >= 0.3 is 0 Å². The van der Waals surface area contributed by atoms with Crippen molar-refractivity contribution >= 4 is 11.9 Å². The minimum atomic E-state index is -0.161. The van der Waals surface area contributed by atoms with Crippen molar-refractivity contribution in [2.45, 2.75) is 26.3 Å². The number of ether oxygens (including phenoxy) is 2. The van der Waals surface area contributed by atoms with E-state index >= 15 is 0 Å². The van der Waals surface area contributed by atoms with E-state index in [1.807, 2.05) is 24.3 Å². The monoisotopic (exact) mass is 379 g/mol. The van der Waals surface area contributed by atoms with Crippen LogP contribution in [-0.2, 0) is 6.54 Å². The zero-order valence-corrected chi connectivity index (χ0v) is 16.3. The number of benzene rings is 2. The van der Waals surface area contributed by atoms with Crippen LogP contribution in [-0.4, -0.2) is 36.0 Å². The van der Waals surface area contributed by atoms with Crippen molar-refractivity contribution in [3.05, 3.63) is 58.8 Å². The molecule has 146 valence electrons. The number of rotatable bonds is 4. The predicted octanol–water partition coefficient (Wildman–Crippen LogP) is 4.25. The van der Waals surface area contributed by atoms with Crippen LogP contribution in [0.15, 0.2) is 42.2 Å². The van der Waals surface area contributed by atoms with E-state index in [4.69, 9.17) is 9.47 Å². The third-order valence-corrected chi connectivity index (χ3v) is 5.43. The van der Waals surface area contributed by atoms with Crippen molar-refractivity contribution < 1.29 is 19.4 Å². The van der Waals surface area contributed by atoms with E-state index in [0.29, 0.717) is 29.3 Å². The number of piperidine rings is 1. The van der Waals surface area contributed by atoms with Gasteiger partial charge in [0.05, 0.1) is 18.2 Å². The van der Waals surface area contributed by atoms with E-state index < -0.39 is 0 Å². The molecular formula is C23H25NO4. The van der Waals surface area contributed by atoms with E-state index in [-0.39, 0.29) is 17.3 Å². The Morgan fingerprint density at radius 3 is 2.96 bits per heavy atom. The number of aromatic hydroxyl groups is 1. The molecule has 5 heteroatoms. The average Bonchev–Trinajstić information content (AvgIpc) is 3.00. The molecule has 2 aromatic rings. The smallest absolute Gasteiger partial charge is 0.231 e. The highest BCUT2D eigenvalue weighted by atomic mass is 16.5. The SMILES string of the molecule is COc1cccc(/C=C2\Oc3c(ccc(O)c3CN3CCC[C@@H](C)C3)C2=O)c1. The molecule has 2 heterocycles. The first-order valence-corrected chi connectivity index (χ1v) is 9.70. The lowest BCUT2D eigenvalue weighted by molar-refractivity contribution is 0.101. The summed E-state index contributed by atoms with van der Waals surface area (Å²) in [5, 5.41) is 10.4. The highest BCUT2D eigenvalue weighted by Gasteiger charge is 2.32. The molecule has 0 amide bonds. The van der Waals surface area contributed by atoms with Crippen molar-refractivity contribution in [2.75, 3.05) is 20.2 Å². The average molecular weight is 379 g/mol. The van der Waals surface area contributed by atoms with E-state index in [2.05, 4.69) is 11.8 Å². The van der Waals surface area contributed by atoms with Gasteiger partial charge in [-0.2, -0.15) is 0 Å². The first-order chi connectivity index (χ1) is 13.5. The van der Waals surface area contributed by atoms with Gasteiger partial charge in [0, 0.05) is 13.1 Å². The predicted molar refractivity (Wildman–Crippen MR) is 108 cm³/mol. The number of phenols is 1. The summed E-state index contributed by atoms with van der Waals surface area (Å²) in [6.07, 6.45) is 4.10. The number of methoxy groups -OCH3 is 1.